The molecule has 0 aliphatic rings. The third-order valence-corrected chi connectivity index (χ3v) is 5.26. The minimum absolute atomic E-state index is 0.396. The molecular weight excluding hydrogens is 334 g/mol. The summed E-state index contributed by atoms with van der Waals surface area (Å²) in [5.74, 6) is 1.34. The third-order valence-electron chi connectivity index (χ3n) is 5.26. The number of nitrogens with zero attached hydrogens (tertiary/aromatic N) is 3. The molecule has 0 bridgehead atoms. The van der Waals surface area contributed by atoms with E-state index in [1.165, 1.54) is 5.56 Å². The number of imidazole rings is 1. The van der Waals surface area contributed by atoms with Crippen molar-refractivity contribution in [2.75, 3.05) is 0 Å². The molecule has 0 amide bonds. The molecular formula is C23H21N3O. The Morgan fingerprint density at radius 2 is 1.89 bits per heavy atom. The van der Waals surface area contributed by atoms with Gasteiger partial charge in [-0.2, -0.15) is 0 Å². The van der Waals surface area contributed by atoms with Gasteiger partial charge in [0.1, 0.15) is 11.4 Å². The second-order valence-corrected chi connectivity index (χ2v) is 7.19. The van der Waals surface area contributed by atoms with Crippen LogP contribution < -0.4 is 0 Å². The molecule has 0 saturated carbocycles. The number of pyridine rings is 1. The van der Waals surface area contributed by atoms with E-state index in [0.717, 1.165) is 45.3 Å². The average Bonchev–Trinajstić information content (AvgIpc) is 3.25. The molecule has 0 atom stereocenters. The summed E-state index contributed by atoms with van der Waals surface area (Å²) in [6, 6.07) is 16.7. The lowest BCUT2D eigenvalue weighted by atomic mass is 9.95. The summed E-state index contributed by atoms with van der Waals surface area (Å²) in [6.07, 6.45) is 1.78. The van der Waals surface area contributed by atoms with Gasteiger partial charge in [0.15, 0.2) is 0 Å². The number of aromatic nitrogens is 3. The van der Waals surface area contributed by atoms with Gasteiger partial charge in [-0.1, -0.05) is 32.0 Å². The van der Waals surface area contributed by atoms with Crippen LogP contribution in [0.3, 0.4) is 0 Å². The number of benzene rings is 2. The SMILES string of the molecule is CCn1c(-c2ccc(C(C)C)c3c2oc2ncccc23)nc2ccccc21. The molecule has 0 N–H and O–H groups in total. The summed E-state index contributed by atoms with van der Waals surface area (Å²) >= 11 is 0. The van der Waals surface area contributed by atoms with Crippen LogP contribution in [0.25, 0.3) is 44.5 Å². The molecule has 0 radical (unpaired) electrons. The number of fused-ring (bicyclic) bond motifs is 4. The highest BCUT2D eigenvalue weighted by Gasteiger charge is 2.21. The summed E-state index contributed by atoms with van der Waals surface area (Å²) in [5.41, 5.74) is 6.00. The molecule has 0 spiro atoms. The van der Waals surface area contributed by atoms with E-state index in [1.54, 1.807) is 6.20 Å². The molecule has 134 valence electrons. The number of furan rings is 1. The van der Waals surface area contributed by atoms with E-state index in [-0.39, 0.29) is 0 Å². The Labute approximate surface area is 157 Å². The zero-order valence-electron chi connectivity index (χ0n) is 15.7. The van der Waals surface area contributed by atoms with Gasteiger partial charge in [-0.25, -0.2) is 9.97 Å². The molecule has 4 nitrogen and oxygen atoms in total. The Morgan fingerprint density at radius 1 is 1.04 bits per heavy atom. The van der Waals surface area contributed by atoms with Crippen molar-refractivity contribution in [2.24, 2.45) is 0 Å². The summed E-state index contributed by atoms with van der Waals surface area (Å²) in [5, 5.41) is 2.22. The van der Waals surface area contributed by atoms with Crippen LogP contribution in [-0.4, -0.2) is 14.5 Å². The number of rotatable bonds is 3. The van der Waals surface area contributed by atoms with Crippen molar-refractivity contribution in [3.8, 4) is 11.4 Å². The largest absolute Gasteiger partial charge is 0.437 e. The van der Waals surface area contributed by atoms with Crippen LogP contribution in [0.5, 0.6) is 0 Å². The van der Waals surface area contributed by atoms with Gasteiger partial charge in [-0.05, 0) is 48.7 Å². The molecule has 0 aliphatic carbocycles. The Bertz CT molecular complexity index is 1290. The molecule has 5 aromatic rings. The summed E-state index contributed by atoms with van der Waals surface area (Å²) < 4.78 is 8.51. The number of hydrogen-bond acceptors (Lipinski definition) is 3. The van der Waals surface area contributed by atoms with Crippen LogP contribution in [0.2, 0.25) is 0 Å². The van der Waals surface area contributed by atoms with Gasteiger partial charge < -0.3 is 8.98 Å². The Kier molecular flexibility index (Phi) is 3.54. The molecule has 5 rings (SSSR count). The van der Waals surface area contributed by atoms with Crippen molar-refractivity contribution in [1.82, 2.24) is 14.5 Å². The zero-order valence-corrected chi connectivity index (χ0v) is 15.7. The first-order valence-electron chi connectivity index (χ1n) is 9.44. The van der Waals surface area contributed by atoms with Crippen LogP contribution in [0.4, 0.5) is 0 Å². The Balaban J connectivity index is 1.92. The summed E-state index contributed by atoms with van der Waals surface area (Å²) in [4.78, 5) is 9.38. The van der Waals surface area contributed by atoms with Crippen molar-refractivity contribution in [1.29, 1.82) is 0 Å². The molecule has 0 unspecified atom stereocenters. The fourth-order valence-electron chi connectivity index (χ4n) is 4.00. The number of aryl methyl sites for hydroxylation is 1. The monoisotopic (exact) mass is 355 g/mol. The lowest BCUT2D eigenvalue weighted by Crippen LogP contribution is -1.98. The van der Waals surface area contributed by atoms with Gasteiger partial charge in [-0.15, -0.1) is 0 Å². The van der Waals surface area contributed by atoms with E-state index >= 15 is 0 Å². The average molecular weight is 355 g/mol. The Morgan fingerprint density at radius 3 is 2.70 bits per heavy atom. The summed E-state index contributed by atoms with van der Waals surface area (Å²) in [7, 11) is 0. The fraction of sp³-hybridized carbons (Fsp3) is 0.217. The van der Waals surface area contributed by atoms with Crippen molar-refractivity contribution >= 4 is 33.1 Å². The molecule has 27 heavy (non-hydrogen) atoms. The standard InChI is InChI=1S/C23H21N3O/c1-4-26-19-10-6-5-9-18(19)25-22(26)17-12-11-15(14(2)3)20-16-8-7-13-24-23(16)27-21(17)20/h5-14H,4H2,1-3H3. The normalized spacial score (nSPS) is 12.0. The number of para-hydroxylation sites is 2. The molecule has 3 aromatic heterocycles. The van der Waals surface area contributed by atoms with Crippen LogP contribution >= 0.6 is 0 Å². The molecule has 3 heterocycles. The fourth-order valence-corrected chi connectivity index (χ4v) is 4.00. The van der Waals surface area contributed by atoms with Crippen LogP contribution in [-0.2, 0) is 6.54 Å². The van der Waals surface area contributed by atoms with E-state index in [2.05, 4.69) is 66.7 Å². The first kappa shape index (κ1) is 16.1. The maximum absolute atomic E-state index is 6.26. The molecule has 4 heteroatoms. The first-order chi connectivity index (χ1) is 13.2. The maximum Gasteiger partial charge on any atom is 0.227 e. The quantitative estimate of drug-likeness (QED) is 0.390. The van der Waals surface area contributed by atoms with Crippen molar-refractivity contribution in [3.05, 3.63) is 60.3 Å². The van der Waals surface area contributed by atoms with E-state index in [9.17, 15) is 0 Å². The van der Waals surface area contributed by atoms with Gasteiger partial charge in [0.25, 0.3) is 0 Å². The van der Waals surface area contributed by atoms with Gasteiger partial charge in [-0.3, -0.25) is 0 Å². The number of hydrogen-bond donors (Lipinski definition) is 0. The summed E-state index contributed by atoms with van der Waals surface area (Å²) in [6.45, 7) is 7.43. The Hall–Kier alpha value is -3.14. The second-order valence-electron chi connectivity index (χ2n) is 7.19. The lowest BCUT2D eigenvalue weighted by molar-refractivity contribution is 0.653. The highest BCUT2D eigenvalue weighted by molar-refractivity contribution is 6.10. The van der Waals surface area contributed by atoms with Gasteiger partial charge >= 0.3 is 0 Å². The van der Waals surface area contributed by atoms with E-state index in [0.29, 0.717) is 11.6 Å². The molecule has 0 aliphatic heterocycles. The van der Waals surface area contributed by atoms with E-state index in [4.69, 9.17) is 9.40 Å². The smallest absolute Gasteiger partial charge is 0.227 e. The highest BCUT2D eigenvalue weighted by atomic mass is 16.3. The zero-order chi connectivity index (χ0) is 18.5. The second kappa shape index (κ2) is 5.95. The van der Waals surface area contributed by atoms with E-state index in [1.807, 2.05) is 12.1 Å². The minimum Gasteiger partial charge on any atom is -0.437 e. The van der Waals surface area contributed by atoms with Crippen LogP contribution in [0, 0.1) is 0 Å². The van der Waals surface area contributed by atoms with Crippen molar-refractivity contribution < 1.29 is 4.42 Å². The lowest BCUT2D eigenvalue weighted by Gasteiger charge is -2.11. The van der Waals surface area contributed by atoms with Crippen LogP contribution in [0.15, 0.2) is 59.1 Å². The van der Waals surface area contributed by atoms with Gasteiger partial charge in [0.05, 0.1) is 16.6 Å². The minimum atomic E-state index is 0.396. The van der Waals surface area contributed by atoms with Gasteiger partial charge in [0, 0.05) is 23.5 Å². The topological polar surface area (TPSA) is 43.9 Å². The van der Waals surface area contributed by atoms with Gasteiger partial charge in [0.2, 0.25) is 5.71 Å². The van der Waals surface area contributed by atoms with E-state index < -0.39 is 0 Å². The predicted octanol–water partition coefficient (Wildman–Crippen LogP) is 6.14. The van der Waals surface area contributed by atoms with Crippen LogP contribution in [0.1, 0.15) is 32.3 Å². The first-order valence-corrected chi connectivity index (χ1v) is 9.44. The van der Waals surface area contributed by atoms with Crippen molar-refractivity contribution in [3.63, 3.8) is 0 Å². The molecule has 0 fully saturated rings. The highest BCUT2D eigenvalue weighted by Crippen LogP contribution is 2.39. The molecule has 2 aromatic carbocycles. The molecule has 0 saturated heterocycles. The maximum atomic E-state index is 6.26. The predicted molar refractivity (Wildman–Crippen MR) is 110 cm³/mol. The third kappa shape index (κ3) is 2.29. The van der Waals surface area contributed by atoms with Crippen molar-refractivity contribution in [2.45, 2.75) is 33.2 Å².